The second kappa shape index (κ2) is 47.1. The zero-order valence-electron chi connectivity index (χ0n) is 42.9. The number of carbonyl (C=O) groups excluding carboxylic acids is 2. The Balaban J connectivity index is 4.10. The Morgan fingerprint density at radius 1 is 0.477 bits per heavy atom. The molecular weight excluding hydrogens is 834 g/mol. The van der Waals surface area contributed by atoms with Crippen molar-refractivity contribution >= 4 is 19.8 Å². The van der Waals surface area contributed by atoms with Crippen molar-refractivity contribution < 1.29 is 42.1 Å². The normalized spacial score (nSPS) is 13.8. The maximum atomic E-state index is 12.7. The van der Waals surface area contributed by atoms with Gasteiger partial charge in [-0.15, -0.1) is 0 Å². The summed E-state index contributed by atoms with van der Waals surface area (Å²) in [4.78, 5) is 37.7. The Hall–Kier alpha value is -2.03. The van der Waals surface area contributed by atoms with Gasteiger partial charge in [0, 0.05) is 12.8 Å². The highest BCUT2D eigenvalue weighted by Crippen LogP contribution is 2.38. The molecule has 0 aliphatic carbocycles. The number of carbonyl (C=O) groups is 2. The lowest BCUT2D eigenvalue weighted by atomic mass is 10.0. The average Bonchev–Trinajstić information content (AvgIpc) is 3.26. The van der Waals surface area contributed by atoms with Crippen molar-refractivity contribution in [1.29, 1.82) is 0 Å². The third-order valence-corrected chi connectivity index (χ3v) is 12.5. The molecule has 65 heavy (non-hydrogen) atoms. The molecule has 9 nitrogen and oxygen atoms in total. The number of hydrogen-bond acceptors (Lipinski definition) is 8. The van der Waals surface area contributed by atoms with Gasteiger partial charge in [-0.25, -0.2) is 0 Å². The van der Waals surface area contributed by atoms with E-state index >= 15 is 0 Å². The van der Waals surface area contributed by atoms with Gasteiger partial charge in [-0.2, -0.15) is 0 Å². The zero-order valence-corrected chi connectivity index (χ0v) is 43.8. The summed E-state index contributed by atoms with van der Waals surface area (Å²) in [6.07, 6.45) is 57.3. The highest BCUT2D eigenvalue weighted by molar-refractivity contribution is 7.45. The maximum absolute atomic E-state index is 12.7. The summed E-state index contributed by atoms with van der Waals surface area (Å²) in [7, 11) is 1.16. The van der Waals surface area contributed by atoms with E-state index in [0.717, 1.165) is 70.6 Å². The van der Waals surface area contributed by atoms with Gasteiger partial charge in [-0.3, -0.25) is 14.2 Å². The highest BCUT2D eigenvalue weighted by Gasteiger charge is 2.21. The number of unbranched alkanes of at least 4 members (excludes halogenated alkanes) is 27. The molecule has 0 radical (unpaired) electrons. The van der Waals surface area contributed by atoms with Gasteiger partial charge in [-0.05, 0) is 77.0 Å². The topological polar surface area (TPSA) is 111 Å². The molecule has 0 rings (SSSR count). The summed E-state index contributed by atoms with van der Waals surface area (Å²) < 4.78 is 34.0. The Bertz CT molecular complexity index is 1240. The molecule has 0 aromatic rings. The van der Waals surface area contributed by atoms with E-state index in [9.17, 15) is 19.0 Å². The van der Waals surface area contributed by atoms with Gasteiger partial charge in [0.05, 0.1) is 27.7 Å². The minimum atomic E-state index is -4.63. The maximum Gasteiger partial charge on any atom is 0.306 e. The van der Waals surface area contributed by atoms with Gasteiger partial charge in [0.25, 0.3) is 7.82 Å². The van der Waals surface area contributed by atoms with Crippen LogP contribution in [0.1, 0.15) is 239 Å². The van der Waals surface area contributed by atoms with Gasteiger partial charge in [0.2, 0.25) is 0 Å². The minimum absolute atomic E-state index is 0.0324. The first-order chi connectivity index (χ1) is 31.5. The first-order valence-corrected chi connectivity index (χ1v) is 28.3. The number of phosphoric acid groups is 1. The van der Waals surface area contributed by atoms with Crippen LogP contribution in [-0.4, -0.2) is 70.0 Å². The van der Waals surface area contributed by atoms with Crippen molar-refractivity contribution in [3.63, 3.8) is 0 Å². The Kier molecular flexibility index (Phi) is 45.6. The molecule has 0 aliphatic rings. The van der Waals surface area contributed by atoms with E-state index in [0.29, 0.717) is 17.4 Å². The van der Waals surface area contributed by atoms with Crippen LogP contribution in [0.3, 0.4) is 0 Å². The van der Waals surface area contributed by atoms with Gasteiger partial charge >= 0.3 is 11.9 Å². The molecule has 0 aliphatic heterocycles. The second-order valence-electron chi connectivity index (χ2n) is 19.2. The van der Waals surface area contributed by atoms with Crippen molar-refractivity contribution in [2.24, 2.45) is 0 Å². The number of allylic oxidation sites excluding steroid dienone is 8. The van der Waals surface area contributed by atoms with Crippen LogP contribution in [0.25, 0.3) is 0 Å². The molecule has 2 unspecified atom stereocenters. The van der Waals surface area contributed by atoms with Crippen LogP contribution in [0.15, 0.2) is 48.6 Å². The number of esters is 2. The fourth-order valence-corrected chi connectivity index (χ4v) is 8.09. The van der Waals surface area contributed by atoms with Crippen LogP contribution in [-0.2, 0) is 32.7 Å². The minimum Gasteiger partial charge on any atom is -0.756 e. The summed E-state index contributed by atoms with van der Waals surface area (Å²) in [5.41, 5.74) is 0. The number of nitrogens with zero attached hydrogens (tertiary/aromatic N) is 1. The molecule has 380 valence electrons. The summed E-state index contributed by atoms with van der Waals surface area (Å²) in [5, 5.41) is 0. The second-order valence-corrected chi connectivity index (χ2v) is 20.6. The van der Waals surface area contributed by atoms with E-state index in [1.807, 2.05) is 21.1 Å². The van der Waals surface area contributed by atoms with Crippen LogP contribution in [0.5, 0.6) is 0 Å². The van der Waals surface area contributed by atoms with E-state index in [1.54, 1.807) is 0 Å². The van der Waals surface area contributed by atoms with E-state index < -0.39 is 32.5 Å². The Labute approximate surface area is 401 Å². The molecule has 0 N–H and O–H groups in total. The number of likely N-dealkylation sites (N-methyl/N-ethyl adjacent to an activating group) is 1. The van der Waals surface area contributed by atoms with Crippen molar-refractivity contribution in [1.82, 2.24) is 0 Å². The van der Waals surface area contributed by atoms with Crippen molar-refractivity contribution in [2.45, 2.75) is 245 Å². The largest absolute Gasteiger partial charge is 0.756 e. The monoisotopic (exact) mass is 936 g/mol. The number of hydrogen-bond donors (Lipinski definition) is 0. The molecule has 0 aromatic carbocycles. The molecule has 0 fully saturated rings. The number of phosphoric ester groups is 1. The summed E-state index contributed by atoms with van der Waals surface area (Å²) in [6, 6.07) is 0. The van der Waals surface area contributed by atoms with Crippen molar-refractivity contribution in [3.8, 4) is 0 Å². The predicted octanol–water partition coefficient (Wildman–Crippen LogP) is 15.6. The third-order valence-electron chi connectivity index (χ3n) is 11.6. The van der Waals surface area contributed by atoms with Crippen LogP contribution in [0, 0.1) is 0 Å². The van der Waals surface area contributed by atoms with Crippen molar-refractivity contribution in [3.05, 3.63) is 48.6 Å². The van der Waals surface area contributed by atoms with Crippen LogP contribution in [0.4, 0.5) is 0 Å². The molecule has 10 heteroatoms. The van der Waals surface area contributed by atoms with Crippen LogP contribution in [0.2, 0.25) is 0 Å². The number of quaternary nitrogens is 1. The van der Waals surface area contributed by atoms with Gasteiger partial charge in [0.15, 0.2) is 6.10 Å². The average molecular weight is 936 g/mol. The lowest BCUT2D eigenvalue weighted by Gasteiger charge is -2.28. The number of ether oxygens (including phenoxy) is 2. The molecule has 0 saturated heterocycles. The van der Waals surface area contributed by atoms with E-state index in [4.69, 9.17) is 18.5 Å². The zero-order chi connectivity index (χ0) is 47.8. The molecular formula is C55H102NO8P. The summed E-state index contributed by atoms with van der Waals surface area (Å²) >= 11 is 0. The highest BCUT2D eigenvalue weighted by atomic mass is 31.2. The Morgan fingerprint density at radius 3 is 1.28 bits per heavy atom. The van der Waals surface area contributed by atoms with Gasteiger partial charge < -0.3 is 27.9 Å². The first-order valence-electron chi connectivity index (χ1n) is 26.8. The molecule has 0 saturated carbocycles. The Morgan fingerprint density at radius 2 is 0.831 bits per heavy atom. The predicted molar refractivity (Wildman–Crippen MR) is 273 cm³/mol. The van der Waals surface area contributed by atoms with Gasteiger partial charge in [-0.1, -0.05) is 197 Å². The first kappa shape index (κ1) is 63.0. The smallest absolute Gasteiger partial charge is 0.306 e. The van der Waals surface area contributed by atoms with Gasteiger partial charge in [0.1, 0.15) is 19.8 Å². The molecule has 2 atom stereocenters. The molecule has 0 heterocycles. The fourth-order valence-electron chi connectivity index (χ4n) is 7.36. The van der Waals surface area contributed by atoms with Crippen LogP contribution >= 0.6 is 7.82 Å². The number of rotatable bonds is 49. The fraction of sp³-hybridized carbons (Fsp3) is 0.818. The standard InChI is InChI=1S/C55H102NO8P/c1-6-8-10-12-14-16-18-20-21-22-23-24-25-26-27-28-29-30-31-32-33-34-35-36-38-40-42-44-46-48-55(58)64-53(52-63-65(59,60)62-50-49-56(3,4)5)51-61-54(57)47-45-43-41-39-37-19-17-15-13-11-9-7-2/h15,17-18,20,22-23,25-26,53H,6-14,16,19,21,24,27-52H2,1-5H3/b17-15-,20-18-,23-22-,26-25-. The van der Waals surface area contributed by atoms with Crippen LogP contribution < -0.4 is 4.89 Å². The molecule has 0 bridgehead atoms. The molecule has 0 aromatic heterocycles. The third kappa shape index (κ3) is 51.2. The van der Waals surface area contributed by atoms with E-state index in [1.165, 1.54) is 135 Å². The van der Waals surface area contributed by atoms with Crippen molar-refractivity contribution in [2.75, 3.05) is 47.5 Å². The lowest BCUT2D eigenvalue weighted by Crippen LogP contribution is -2.37. The molecule has 0 spiro atoms. The quantitative estimate of drug-likeness (QED) is 0.0195. The lowest BCUT2D eigenvalue weighted by molar-refractivity contribution is -0.870. The van der Waals surface area contributed by atoms with E-state index in [-0.39, 0.29) is 26.1 Å². The summed E-state index contributed by atoms with van der Waals surface area (Å²) in [6.45, 7) is 4.20. The molecule has 0 amide bonds. The SMILES string of the molecule is CCCCC/C=C\CCCCCCCC(=O)OCC(COP(=O)([O-])OCC[N+](C)(C)C)OC(=O)CCCCCCCCCCCCCCCC/C=C\C/C=C\C/C=C\CCCCCCC. The van der Waals surface area contributed by atoms with E-state index in [2.05, 4.69) is 62.5 Å². The summed E-state index contributed by atoms with van der Waals surface area (Å²) in [5.74, 6) is -0.841.